The molecule has 5 heteroatoms. The lowest BCUT2D eigenvalue weighted by molar-refractivity contribution is 0.491. The Morgan fingerprint density at radius 2 is 2.18 bits per heavy atom. The van der Waals surface area contributed by atoms with Gasteiger partial charge in [0.15, 0.2) is 11.6 Å². The molecule has 17 heavy (non-hydrogen) atoms. The standard InChI is InChI=1S/C12H13F2N3/c1-17-6-5-16-12(17)10(15)7-8-3-2-4-9(13)11(8)14/h2-6,10H,7,15H2,1H3. The van der Waals surface area contributed by atoms with E-state index in [9.17, 15) is 8.78 Å². The molecule has 1 unspecified atom stereocenters. The summed E-state index contributed by atoms with van der Waals surface area (Å²) >= 11 is 0. The van der Waals surface area contributed by atoms with Gasteiger partial charge in [0.25, 0.3) is 0 Å². The van der Waals surface area contributed by atoms with Crippen molar-refractivity contribution in [3.05, 3.63) is 53.6 Å². The van der Waals surface area contributed by atoms with Crippen LogP contribution in [0.5, 0.6) is 0 Å². The predicted molar refractivity (Wildman–Crippen MR) is 60.2 cm³/mol. The van der Waals surface area contributed by atoms with Crippen LogP contribution in [0.25, 0.3) is 0 Å². The van der Waals surface area contributed by atoms with Crippen molar-refractivity contribution in [1.29, 1.82) is 0 Å². The van der Waals surface area contributed by atoms with Crippen molar-refractivity contribution in [2.24, 2.45) is 12.8 Å². The Hall–Kier alpha value is -1.75. The minimum absolute atomic E-state index is 0.217. The monoisotopic (exact) mass is 237 g/mol. The number of hydrogen-bond acceptors (Lipinski definition) is 2. The predicted octanol–water partition coefficient (Wildman–Crippen LogP) is 1.94. The average molecular weight is 237 g/mol. The molecule has 3 nitrogen and oxygen atoms in total. The summed E-state index contributed by atoms with van der Waals surface area (Å²) in [5, 5.41) is 0. The summed E-state index contributed by atoms with van der Waals surface area (Å²) < 4.78 is 28.2. The third kappa shape index (κ3) is 2.34. The van der Waals surface area contributed by atoms with Gasteiger partial charge in [-0.2, -0.15) is 0 Å². The van der Waals surface area contributed by atoms with Gasteiger partial charge in [-0.25, -0.2) is 13.8 Å². The van der Waals surface area contributed by atoms with E-state index in [0.717, 1.165) is 6.07 Å². The zero-order valence-electron chi connectivity index (χ0n) is 9.40. The summed E-state index contributed by atoms with van der Waals surface area (Å²) in [4.78, 5) is 4.09. The van der Waals surface area contributed by atoms with Crippen molar-refractivity contribution in [2.75, 3.05) is 0 Å². The number of aromatic nitrogens is 2. The Morgan fingerprint density at radius 1 is 1.41 bits per heavy atom. The molecular formula is C12H13F2N3. The van der Waals surface area contributed by atoms with Crippen LogP contribution in [0.3, 0.4) is 0 Å². The minimum Gasteiger partial charge on any atom is -0.337 e. The zero-order chi connectivity index (χ0) is 12.4. The van der Waals surface area contributed by atoms with Gasteiger partial charge in [-0.05, 0) is 18.1 Å². The molecule has 0 aliphatic carbocycles. The fourth-order valence-electron chi connectivity index (χ4n) is 1.77. The normalized spacial score (nSPS) is 12.7. The molecule has 90 valence electrons. The quantitative estimate of drug-likeness (QED) is 0.886. The molecule has 0 spiro atoms. The number of nitrogens with two attached hydrogens (primary N) is 1. The van der Waals surface area contributed by atoms with Crippen LogP contribution in [0.2, 0.25) is 0 Å². The van der Waals surface area contributed by atoms with Crippen LogP contribution in [-0.2, 0) is 13.5 Å². The molecule has 0 aliphatic rings. The maximum atomic E-state index is 13.4. The summed E-state index contributed by atoms with van der Waals surface area (Å²) in [7, 11) is 1.81. The number of aryl methyl sites for hydroxylation is 1. The van der Waals surface area contributed by atoms with Crippen LogP contribution >= 0.6 is 0 Å². The molecule has 1 atom stereocenters. The Kier molecular flexibility index (Phi) is 3.19. The largest absolute Gasteiger partial charge is 0.337 e. The van der Waals surface area contributed by atoms with Crippen LogP contribution in [0.1, 0.15) is 17.4 Å². The first kappa shape index (κ1) is 11.7. The third-order valence-corrected chi connectivity index (χ3v) is 2.66. The van der Waals surface area contributed by atoms with Crippen molar-refractivity contribution < 1.29 is 8.78 Å². The SMILES string of the molecule is Cn1ccnc1C(N)Cc1cccc(F)c1F. The van der Waals surface area contributed by atoms with E-state index in [1.807, 2.05) is 7.05 Å². The highest BCUT2D eigenvalue weighted by Crippen LogP contribution is 2.18. The highest BCUT2D eigenvalue weighted by Gasteiger charge is 2.15. The van der Waals surface area contributed by atoms with Crippen LogP contribution in [-0.4, -0.2) is 9.55 Å². The molecule has 1 heterocycles. The fraction of sp³-hybridized carbons (Fsp3) is 0.250. The first-order chi connectivity index (χ1) is 8.09. The molecule has 2 aromatic rings. The van der Waals surface area contributed by atoms with Gasteiger partial charge < -0.3 is 10.3 Å². The first-order valence-corrected chi connectivity index (χ1v) is 5.25. The molecule has 1 aromatic carbocycles. The minimum atomic E-state index is -0.852. The maximum Gasteiger partial charge on any atom is 0.162 e. The molecule has 0 saturated carbocycles. The van der Waals surface area contributed by atoms with Gasteiger partial charge in [-0.3, -0.25) is 0 Å². The number of nitrogens with zero attached hydrogens (tertiary/aromatic N) is 2. The molecule has 0 aliphatic heterocycles. The fourth-order valence-corrected chi connectivity index (χ4v) is 1.77. The number of halogens is 2. The maximum absolute atomic E-state index is 13.4. The third-order valence-electron chi connectivity index (χ3n) is 2.66. The average Bonchev–Trinajstić information content (AvgIpc) is 2.71. The Balaban J connectivity index is 2.22. The molecule has 0 bridgehead atoms. The summed E-state index contributed by atoms with van der Waals surface area (Å²) in [5.74, 6) is -1.04. The lowest BCUT2D eigenvalue weighted by Crippen LogP contribution is -2.18. The van der Waals surface area contributed by atoms with E-state index in [1.54, 1.807) is 17.0 Å². The van der Waals surface area contributed by atoms with E-state index in [4.69, 9.17) is 5.73 Å². The van der Waals surface area contributed by atoms with Gasteiger partial charge in [0, 0.05) is 19.4 Å². The van der Waals surface area contributed by atoms with Crippen molar-refractivity contribution >= 4 is 0 Å². The summed E-state index contributed by atoms with van der Waals surface area (Å²) in [5.41, 5.74) is 6.18. The van der Waals surface area contributed by atoms with Gasteiger partial charge >= 0.3 is 0 Å². The molecule has 0 amide bonds. The van der Waals surface area contributed by atoms with Crippen LogP contribution in [0.4, 0.5) is 8.78 Å². The number of hydrogen-bond donors (Lipinski definition) is 1. The van der Waals surface area contributed by atoms with E-state index in [0.29, 0.717) is 5.82 Å². The summed E-state index contributed by atoms with van der Waals surface area (Å²) in [6.07, 6.45) is 3.60. The molecule has 0 fully saturated rings. The summed E-state index contributed by atoms with van der Waals surface area (Å²) in [6, 6.07) is 3.64. The molecule has 0 radical (unpaired) electrons. The Morgan fingerprint density at radius 3 is 2.82 bits per heavy atom. The van der Waals surface area contributed by atoms with Crippen molar-refractivity contribution in [1.82, 2.24) is 9.55 Å². The van der Waals surface area contributed by atoms with E-state index in [-0.39, 0.29) is 12.0 Å². The number of benzene rings is 1. The van der Waals surface area contributed by atoms with Gasteiger partial charge in [0.1, 0.15) is 5.82 Å². The van der Waals surface area contributed by atoms with Crippen LogP contribution < -0.4 is 5.73 Å². The lowest BCUT2D eigenvalue weighted by atomic mass is 10.1. The van der Waals surface area contributed by atoms with E-state index in [2.05, 4.69) is 4.98 Å². The smallest absolute Gasteiger partial charge is 0.162 e. The first-order valence-electron chi connectivity index (χ1n) is 5.25. The highest BCUT2D eigenvalue weighted by molar-refractivity contribution is 5.21. The highest BCUT2D eigenvalue weighted by atomic mass is 19.2. The lowest BCUT2D eigenvalue weighted by Gasteiger charge is -2.12. The van der Waals surface area contributed by atoms with Gasteiger partial charge in [-0.1, -0.05) is 12.1 Å². The van der Waals surface area contributed by atoms with Crippen LogP contribution in [0.15, 0.2) is 30.6 Å². The van der Waals surface area contributed by atoms with E-state index < -0.39 is 17.7 Å². The molecular weight excluding hydrogens is 224 g/mol. The van der Waals surface area contributed by atoms with Crippen molar-refractivity contribution in [3.63, 3.8) is 0 Å². The second-order valence-corrected chi connectivity index (χ2v) is 3.92. The molecule has 2 rings (SSSR count). The van der Waals surface area contributed by atoms with E-state index in [1.165, 1.54) is 12.1 Å². The molecule has 1 aromatic heterocycles. The second-order valence-electron chi connectivity index (χ2n) is 3.92. The number of rotatable bonds is 3. The Bertz CT molecular complexity index is 522. The van der Waals surface area contributed by atoms with Gasteiger partial charge in [0.05, 0.1) is 6.04 Å². The van der Waals surface area contributed by atoms with Crippen LogP contribution in [0, 0.1) is 11.6 Å². The topological polar surface area (TPSA) is 43.8 Å². The second kappa shape index (κ2) is 4.63. The zero-order valence-corrected chi connectivity index (χ0v) is 9.40. The number of imidazole rings is 1. The molecule has 0 saturated heterocycles. The summed E-state index contributed by atoms with van der Waals surface area (Å²) in [6.45, 7) is 0. The Labute approximate surface area is 97.9 Å². The van der Waals surface area contributed by atoms with Crippen molar-refractivity contribution in [2.45, 2.75) is 12.5 Å². The molecule has 2 N–H and O–H groups in total. The van der Waals surface area contributed by atoms with Gasteiger partial charge in [-0.15, -0.1) is 0 Å². The van der Waals surface area contributed by atoms with Crippen molar-refractivity contribution in [3.8, 4) is 0 Å². The van der Waals surface area contributed by atoms with E-state index >= 15 is 0 Å². The van der Waals surface area contributed by atoms with Gasteiger partial charge in [0.2, 0.25) is 0 Å².